The summed E-state index contributed by atoms with van der Waals surface area (Å²) in [4.78, 5) is 4.53. The molecule has 0 bridgehead atoms. The summed E-state index contributed by atoms with van der Waals surface area (Å²) in [7, 11) is 0. The maximum Gasteiger partial charge on any atom is 0.0694 e. The smallest absolute Gasteiger partial charge is 0.0694 e. The van der Waals surface area contributed by atoms with Crippen molar-refractivity contribution in [2.24, 2.45) is 11.6 Å². The zero-order chi connectivity index (χ0) is 13.5. The third-order valence-electron chi connectivity index (χ3n) is 3.53. The number of hydrogen-bond donors (Lipinski definition) is 2. The number of unbranched alkanes of at least 4 members (excludes halogenated alkanes) is 9. The van der Waals surface area contributed by atoms with Crippen LogP contribution in [0.5, 0.6) is 0 Å². The average Bonchev–Trinajstić information content (AvgIpc) is 2.38. The van der Waals surface area contributed by atoms with E-state index < -0.39 is 0 Å². The Labute approximate surface area is 114 Å². The van der Waals surface area contributed by atoms with Crippen molar-refractivity contribution in [1.82, 2.24) is 0 Å². The highest BCUT2D eigenvalue weighted by molar-refractivity contribution is 4.60. The second-order valence-corrected chi connectivity index (χ2v) is 5.39. The summed E-state index contributed by atoms with van der Waals surface area (Å²) in [6.45, 7) is 2.85. The first-order valence-corrected chi connectivity index (χ1v) is 7.88. The maximum atomic E-state index is 5.93. The SMILES string of the molecule is CCCCCCCCCCCCC(N)CCON. The zero-order valence-electron chi connectivity index (χ0n) is 12.3. The fourth-order valence-electron chi connectivity index (χ4n) is 2.26. The molecule has 3 heteroatoms. The van der Waals surface area contributed by atoms with E-state index in [0.717, 1.165) is 12.8 Å². The first-order chi connectivity index (χ1) is 8.81. The van der Waals surface area contributed by atoms with Crippen LogP contribution in [-0.4, -0.2) is 12.6 Å². The van der Waals surface area contributed by atoms with Gasteiger partial charge in [-0.05, 0) is 12.8 Å². The lowest BCUT2D eigenvalue weighted by Gasteiger charge is -2.10. The van der Waals surface area contributed by atoms with Crippen LogP contribution in [0.1, 0.15) is 84.0 Å². The van der Waals surface area contributed by atoms with Crippen LogP contribution in [0, 0.1) is 0 Å². The van der Waals surface area contributed by atoms with Crippen LogP contribution in [0.3, 0.4) is 0 Å². The summed E-state index contributed by atoms with van der Waals surface area (Å²) in [5, 5.41) is 0. The highest BCUT2D eigenvalue weighted by Crippen LogP contribution is 2.12. The van der Waals surface area contributed by atoms with E-state index >= 15 is 0 Å². The fourth-order valence-corrected chi connectivity index (χ4v) is 2.26. The molecule has 0 aliphatic carbocycles. The first-order valence-electron chi connectivity index (χ1n) is 7.88. The molecule has 3 nitrogen and oxygen atoms in total. The van der Waals surface area contributed by atoms with Crippen molar-refractivity contribution in [2.75, 3.05) is 6.61 Å². The number of rotatable bonds is 14. The molecule has 1 unspecified atom stereocenters. The third kappa shape index (κ3) is 13.9. The van der Waals surface area contributed by atoms with Crippen LogP contribution in [0.25, 0.3) is 0 Å². The van der Waals surface area contributed by atoms with Crippen molar-refractivity contribution in [3.8, 4) is 0 Å². The summed E-state index contributed by atoms with van der Waals surface area (Å²) in [5.41, 5.74) is 5.93. The molecule has 0 saturated heterocycles. The van der Waals surface area contributed by atoms with E-state index in [1.165, 1.54) is 64.2 Å². The van der Waals surface area contributed by atoms with E-state index in [-0.39, 0.29) is 6.04 Å². The Bertz CT molecular complexity index is 153. The highest BCUT2D eigenvalue weighted by Gasteiger charge is 2.01. The molecule has 4 N–H and O–H groups in total. The Kier molecular flexibility index (Phi) is 14.8. The Hall–Kier alpha value is -0.120. The molecule has 0 amide bonds. The molecule has 18 heavy (non-hydrogen) atoms. The minimum absolute atomic E-state index is 0.266. The van der Waals surface area contributed by atoms with Crippen molar-refractivity contribution < 1.29 is 4.84 Å². The molecule has 0 aromatic rings. The molecule has 0 saturated carbocycles. The van der Waals surface area contributed by atoms with E-state index in [1.807, 2.05) is 0 Å². The van der Waals surface area contributed by atoms with Gasteiger partial charge in [-0.15, -0.1) is 0 Å². The predicted octanol–water partition coefficient (Wildman–Crippen LogP) is 3.91. The van der Waals surface area contributed by atoms with Crippen molar-refractivity contribution >= 4 is 0 Å². The van der Waals surface area contributed by atoms with Crippen molar-refractivity contribution in [3.05, 3.63) is 0 Å². The fraction of sp³-hybridized carbons (Fsp3) is 1.00. The lowest BCUT2D eigenvalue weighted by molar-refractivity contribution is 0.129. The molecule has 0 spiro atoms. The zero-order valence-corrected chi connectivity index (χ0v) is 12.3. The van der Waals surface area contributed by atoms with Crippen LogP contribution in [0.4, 0.5) is 0 Å². The summed E-state index contributed by atoms with van der Waals surface area (Å²) < 4.78 is 0. The Morgan fingerprint density at radius 1 is 0.778 bits per heavy atom. The lowest BCUT2D eigenvalue weighted by atomic mass is 10.0. The van der Waals surface area contributed by atoms with Crippen LogP contribution >= 0.6 is 0 Å². The normalized spacial score (nSPS) is 12.8. The highest BCUT2D eigenvalue weighted by atomic mass is 16.6. The summed E-state index contributed by atoms with van der Waals surface area (Å²) in [6, 6.07) is 0.266. The monoisotopic (exact) mass is 258 g/mol. The van der Waals surface area contributed by atoms with Crippen molar-refractivity contribution in [2.45, 2.75) is 90.0 Å². The van der Waals surface area contributed by atoms with Gasteiger partial charge in [0.25, 0.3) is 0 Å². The van der Waals surface area contributed by atoms with Crippen molar-refractivity contribution in [1.29, 1.82) is 0 Å². The van der Waals surface area contributed by atoms with Gasteiger partial charge in [0.05, 0.1) is 6.61 Å². The standard InChI is InChI=1S/C15H34N2O/c1-2-3-4-5-6-7-8-9-10-11-12-15(16)13-14-18-17/h15H,2-14,16-17H2,1H3. The second-order valence-electron chi connectivity index (χ2n) is 5.39. The van der Waals surface area contributed by atoms with Crippen LogP contribution in [0.2, 0.25) is 0 Å². The molecule has 0 radical (unpaired) electrons. The summed E-state index contributed by atoms with van der Waals surface area (Å²) >= 11 is 0. The third-order valence-corrected chi connectivity index (χ3v) is 3.53. The molecule has 1 atom stereocenters. The van der Waals surface area contributed by atoms with Gasteiger partial charge in [0, 0.05) is 6.04 Å². The van der Waals surface area contributed by atoms with Crippen LogP contribution < -0.4 is 11.6 Å². The Morgan fingerprint density at radius 3 is 1.78 bits per heavy atom. The van der Waals surface area contributed by atoms with E-state index in [1.54, 1.807) is 0 Å². The predicted molar refractivity (Wildman–Crippen MR) is 79.2 cm³/mol. The Balaban J connectivity index is 3.02. The molecule has 0 fully saturated rings. The largest absolute Gasteiger partial charge is 0.328 e. The minimum atomic E-state index is 0.266. The van der Waals surface area contributed by atoms with E-state index in [2.05, 4.69) is 11.8 Å². The maximum absolute atomic E-state index is 5.93. The van der Waals surface area contributed by atoms with Gasteiger partial charge in [-0.3, -0.25) is 0 Å². The number of nitrogens with two attached hydrogens (primary N) is 2. The van der Waals surface area contributed by atoms with Gasteiger partial charge in [0.2, 0.25) is 0 Å². The first kappa shape index (κ1) is 17.9. The van der Waals surface area contributed by atoms with Gasteiger partial charge in [-0.25, -0.2) is 5.90 Å². The molecule has 0 heterocycles. The molecule has 0 aliphatic rings. The molecule has 0 aromatic carbocycles. The minimum Gasteiger partial charge on any atom is -0.328 e. The van der Waals surface area contributed by atoms with Crippen LogP contribution in [0.15, 0.2) is 0 Å². The lowest BCUT2D eigenvalue weighted by Crippen LogP contribution is -2.22. The molecular formula is C15H34N2O. The van der Waals surface area contributed by atoms with E-state index in [0.29, 0.717) is 6.61 Å². The topological polar surface area (TPSA) is 61.3 Å². The second kappa shape index (κ2) is 14.9. The van der Waals surface area contributed by atoms with Gasteiger partial charge < -0.3 is 10.6 Å². The Morgan fingerprint density at radius 2 is 1.28 bits per heavy atom. The van der Waals surface area contributed by atoms with E-state index in [9.17, 15) is 0 Å². The summed E-state index contributed by atoms with van der Waals surface area (Å²) in [6.07, 6.45) is 15.8. The van der Waals surface area contributed by atoms with Gasteiger partial charge in [-0.1, -0.05) is 71.1 Å². The van der Waals surface area contributed by atoms with Gasteiger partial charge in [-0.2, -0.15) is 0 Å². The van der Waals surface area contributed by atoms with Gasteiger partial charge in [0.1, 0.15) is 0 Å². The molecule has 0 aliphatic heterocycles. The van der Waals surface area contributed by atoms with Gasteiger partial charge in [0.15, 0.2) is 0 Å². The molecular weight excluding hydrogens is 224 g/mol. The van der Waals surface area contributed by atoms with Gasteiger partial charge >= 0.3 is 0 Å². The molecule has 0 aromatic heterocycles. The van der Waals surface area contributed by atoms with Crippen LogP contribution in [-0.2, 0) is 4.84 Å². The number of hydrogen-bond acceptors (Lipinski definition) is 3. The molecule has 0 rings (SSSR count). The molecule has 110 valence electrons. The quantitative estimate of drug-likeness (QED) is 0.367. The van der Waals surface area contributed by atoms with Crippen molar-refractivity contribution in [3.63, 3.8) is 0 Å². The average molecular weight is 258 g/mol. The van der Waals surface area contributed by atoms with E-state index in [4.69, 9.17) is 11.6 Å². The summed E-state index contributed by atoms with van der Waals surface area (Å²) in [5.74, 6) is 4.97.